The third kappa shape index (κ3) is 4.21. The van der Waals surface area contributed by atoms with Gasteiger partial charge in [-0.05, 0) is 61.8 Å². The highest BCUT2D eigenvalue weighted by Crippen LogP contribution is 2.36. The van der Waals surface area contributed by atoms with Gasteiger partial charge in [0.25, 0.3) is 5.22 Å². The molecule has 27 heavy (non-hydrogen) atoms. The molecule has 1 aromatic carbocycles. The number of carbonyl (C=O) groups is 1. The van der Waals surface area contributed by atoms with E-state index < -0.39 is 0 Å². The minimum absolute atomic E-state index is 0.190. The second-order valence-electron chi connectivity index (χ2n) is 7.89. The normalized spacial score (nSPS) is 22.5. The Bertz CT molecular complexity index is 820. The molecule has 2 aromatic rings. The van der Waals surface area contributed by atoms with E-state index in [-0.39, 0.29) is 5.91 Å². The summed E-state index contributed by atoms with van der Waals surface area (Å²) in [5.74, 6) is 2.62. The molecular weight excluding hydrogens is 358 g/mol. The highest BCUT2D eigenvalue weighted by atomic mass is 32.2. The average molecular weight is 386 g/mol. The van der Waals surface area contributed by atoms with Gasteiger partial charge < -0.3 is 9.32 Å². The number of rotatable bonds is 4. The predicted molar refractivity (Wildman–Crippen MR) is 107 cm³/mol. The molecule has 4 rings (SSSR count). The zero-order valence-electron chi connectivity index (χ0n) is 16.1. The molecule has 0 unspecified atom stereocenters. The van der Waals surface area contributed by atoms with E-state index in [4.69, 9.17) is 4.42 Å². The first kappa shape index (κ1) is 18.5. The molecule has 6 heteroatoms. The van der Waals surface area contributed by atoms with E-state index in [9.17, 15) is 4.79 Å². The number of hydrogen-bond acceptors (Lipinski definition) is 5. The highest BCUT2D eigenvalue weighted by Gasteiger charge is 2.32. The molecular formula is C21H27N3O2S. The number of nitrogens with zero attached hydrogens (tertiary/aromatic N) is 3. The van der Waals surface area contributed by atoms with Gasteiger partial charge in [-0.25, -0.2) is 0 Å². The molecule has 1 amide bonds. The lowest BCUT2D eigenvalue weighted by Crippen LogP contribution is -2.45. The quantitative estimate of drug-likeness (QED) is 0.726. The number of fused-ring (bicyclic) bond motifs is 1. The van der Waals surface area contributed by atoms with Gasteiger partial charge in [0, 0.05) is 18.7 Å². The van der Waals surface area contributed by atoms with Gasteiger partial charge in [0.2, 0.25) is 11.8 Å². The molecule has 1 saturated heterocycles. The number of benzene rings is 1. The Morgan fingerprint density at radius 2 is 1.96 bits per heavy atom. The molecule has 0 bridgehead atoms. The van der Waals surface area contributed by atoms with Crippen molar-refractivity contribution in [2.45, 2.75) is 51.2 Å². The number of hydrogen-bond donors (Lipinski definition) is 0. The summed E-state index contributed by atoms with van der Waals surface area (Å²) in [4.78, 5) is 14.7. The monoisotopic (exact) mass is 385 g/mol. The predicted octanol–water partition coefficient (Wildman–Crippen LogP) is 4.48. The number of amides is 1. The molecule has 0 radical (unpaired) electrons. The van der Waals surface area contributed by atoms with E-state index in [0.29, 0.717) is 22.8 Å². The first-order valence-corrected chi connectivity index (χ1v) is 10.9. The van der Waals surface area contributed by atoms with E-state index in [0.717, 1.165) is 24.6 Å². The molecule has 1 aliphatic carbocycles. The van der Waals surface area contributed by atoms with E-state index in [1.54, 1.807) is 0 Å². The van der Waals surface area contributed by atoms with Gasteiger partial charge in [0.1, 0.15) is 0 Å². The Morgan fingerprint density at radius 3 is 2.78 bits per heavy atom. The van der Waals surface area contributed by atoms with Gasteiger partial charge in [-0.15, -0.1) is 10.2 Å². The fourth-order valence-electron chi connectivity index (χ4n) is 4.30. The van der Waals surface area contributed by atoms with Gasteiger partial charge >= 0.3 is 0 Å². The molecule has 2 fully saturated rings. The van der Waals surface area contributed by atoms with Crippen LogP contribution >= 0.6 is 11.8 Å². The zero-order chi connectivity index (χ0) is 18.8. The summed E-state index contributed by atoms with van der Waals surface area (Å²) in [6.45, 7) is 5.98. The summed E-state index contributed by atoms with van der Waals surface area (Å²) in [6.07, 6.45) is 6.49. The fraction of sp³-hybridized carbons (Fsp3) is 0.571. The molecule has 2 aliphatic rings. The van der Waals surface area contributed by atoms with Crippen LogP contribution in [0.4, 0.5) is 0 Å². The van der Waals surface area contributed by atoms with Gasteiger partial charge in [0.15, 0.2) is 0 Å². The van der Waals surface area contributed by atoms with Crippen molar-refractivity contribution in [2.75, 3.05) is 18.8 Å². The van der Waals surface area contributed by atoms with Crippen LogP contribution in [0.5, 0.6) is 0 Å². The molecule has 0 spiro atoms. The number of piperidine rings is 1. The number of carbonyl (C=O) groups excluding carboxylic acids is 1. The lowest BCUT2D eigenvalue weighted by Gasteiger charge is -2.41. The Labute approximate surface area is 164 Å². The van der Waals surface area contributed by atoms with Crippen LogP contribution in [0.1, 0.15) is 43.2 Å². The topological polar surface area (TPSA) is 59.2 Å². The minimum Gasteiger partial charge on any atom is -0.411 e. The molecule has 2 heterocycles. The summed E-state index contributed by atoms with van der Waals surface area (Å²) >= 11 is 1.34. The Hall–Kier alpha value is -1.82. The van der Waals surface area contributed by atoms with Crippen molar-refractivity contribution in [2.24, 2.45) is 11.8 Å². The Kier molecular flexibility index (Phi) is 5.53. The molecule has 5 nitrogen and oxygen atoms in total. The van der Waals surface area contributed by atoms with E-state index >= 15 is 0 Å². The van der Waals surface area contributed by atoms with Crippen LogP contribution in [-0.2, 0) is 4.79 Å². The van der Waals surface area contributed by atoms with E-state index in [1.165, 1.54) is 55.0 Å². The van der Waals surface area contributed by atoms with Gasteiger partial charge in [-0.1, -0.05) is 37.1 Å². The molecule has 1 aromatic heterocycles. The number of likely N-dealkylation sites (tertiary alicyclic amines) is 1. The summed E-state index contributed by atoms with van der Waals surface area (Å²) in [5.41, 5.74) is 3.35. The second kappa shape index (κ2) is 8.05. The average Bonchev–Trinajstić information content (AvgIpc) is 3.17. The first-order chi connectivity index (χ1) is 13.1. The van der Waals surface area contributed by atoms with Crippen LogP contribution in [0.25, 0.3) is 11.5 Å². The van der Waals surface area contributed by atoms with Crippen LogP contribution in [0, 0.1) is 25.7 Å². The summed E-state index contributed by atoms with van der Waals surface area (Å²) < 4.78 is 5.76. The summed E-state index contributed by atoms with van der Waals surface area (Å²) in [7, 11) is 0. The molecule has 144 valence electrons. The molecule has 1 saturated carbocycles. The minimum atomic E-state index is 0.190. The van der Waals surface area contributed by atoms with Gasteiger partial charge in [-0.2, -0.15) is 0 Å². The zero-order valence-corrected chi connectivity index (χ0v) is 16.9. The van der Waals surface area contributed by atoms with Crippen molar-refractivity contribution in [3.63, 3.8) is 0 Å². The van der Waals surface area contributed by atoms with Crippen LogP contribution < -0.4 is 0 Å². The van der Waals surface area contributed by atoms with Crippen LogP contribution in [0.2, 0.25) is 0 Å². The highest BCUT2D eigenvalue weighted by molar-refractivity contribution is 7.99. The first-order valence-electron chi connectivity index (χ1n) is 9.92. The van der Waals surface area contributed by atoms with Crippen molar-refractivity contribution in [1.29, 1.82) is 0 Å². The lowest BCUT2D eigenvalue weighted by atomic mass is 9.75. The lowest BCUT2D eigenvalue weighted by molar-refractivity contribution is -0.131. The van der Waals surface area contributed by atoms with Crippen molar-refractivity contribution in [3.05, 3.63) is 29.3 Å². The summed E-state index contributed by atoms with van der Waals surface area (Å²) in [5, 5.41) is 8.70. The SMILES string of the molecule is Cc1ccc(-c2nnc(SCC(=O)N3CC[C@@H]4CCCC[C@@H]4C3)o2)cc1C. The number of aryl methyl sites for hydroxylation is 2. The standard InChI is InChI=1S/C21H27N3O2S/c1-14-7-8-17(11-15(14)2)20-22-23-21(26-20)27-13-19(25)24-10-9-16-5-3-4-6-18(16)12-24/h7-8,11,16,18H,3-6,9-10,12-13H2,1-2H3/t16-,18+/m0/s1. The second-order valence-corrected chi connectivity index (χ2v) is 8.82. The van der Waals surface area contributed by atoms with Crippen molar-refractivity contribution >= 4 is 17.7 Å². The molecule has 1 aliphatic heterocycles. The number of aromatic nitrogens is 2. The summed E-state index contributed by atoms with van der Waals surface area (Å²) in [6, 6.07) is 6.10. The smallest absolute Gasteiger partial charge is 0.277 e. The largest absolute Gasteiger partial charge is 0.411 e. The Balaban J connectivity index is 1.33. The van der Waals surface area contributed by atoms with Crippen LogP contribution in [0.3, 0.4) is 0 Å². The van der Waals surface area contributed by atoms with Crippen LogP contribution in [-0.4, -0.2) is 39.8 Å². The molecule has 2 atom stereocenters. The van der Waals surface area contributed by atoms with E-state index in [1.807, 2.05) is 11.0 Å². The van der Waals surface area contributed by atoms with Crippen molar-refractivity contribution in [3.8, 4) is 11.5 Å². The number of thioether (sulfide) groups is 1. The molecule has 0 N–H and O–H groups in total. The van der Waals surface area contributed by atoms with Crippen molar-refractivity contribution < 1.29 is 9.21 Å². The van der Waals surface area contributed by atoms with E-state index in [2.05, 4.69) is 36.2 Å². The maximum atomic E-state index is 12.6. The van der Waals surface area contributed by atoms with Gasteiger partial charge in [0.05, 0.1) is 5.75 Å². The van der Waals surface area contributed by atoms with Gasteiger partial charge in [-0.3, -0.25) is 4.79 Å². The third-order valence-electron chi connectivity index (χ3n) is 6.12. The van der Waals surface area contributed by atoms with Crippen LogP contribution in [0.15, 0.2) is 27.8 Å². The maximum Gasteiger partial charge on any atom is 0.277 e. The fourth-order valence-corrected chi connectivity index (χ4v) is 4.97. The van der Waals surface area contributed by atoms with Crippen molar-refractivity contribution in [1.82, 2.24) is 15.1 Å². The maximum absolute atomic E-state index is 12.6. The Morgan fingerprint density at radius 1 is 1.15 bits per heavy atom. The third-order valence-corrected chi connectivity index (χ3v) is 6.93.